The van der Waals surface area contributed by atoms with Crippen molar-refractivity contribution in [2.24, 2.45) is 5.73 Å². The zero-order valence-corrected chi connectivity index (χ0v) is 12.8. The molecule has 0 aliphatic rings. The van der Waals surface area contributed by atoms with E-state index in [1.165, 1.54) is 15.6 Å². The van der Waals surface area contributed by atoms with E-state index in [9.17, 15) is 0 Å². The lowest BCUT2D eigenvalue weighted by Gasteiger charge is -2.12. The van der Waals surface area contributed by atoms with Crippen LogP contribution < -0.4 is 5.73 Å². The molecule has 0 spiro atoms. The second kappa shape index (κ2) is 5.70. The van der Waals surface area contributed by atoms with Crippen LogP contribution in [0.4, 0.5) is 0 Å². The van der Waals surface area contributed by atoms with E-state index in [0.717, 1.165) is 0 Å². The van der Waals surface area contributed by atoms with Gasteiger partial charge in [0.1, 0.15) is 0 Å². The van der Waals surface area contributed by atoms with Gasteiger partial charge in [0.15, 0.2) is 0 Å². The van der Waals surface area contributed by atoms with Crippen molar-refractivity contribution in [2.75, 3.05) is 0 Å². The van der Waals surface area contributed by atoms with Crippen molar-refractivity contribution >= 4 is 44.6 Å². The summed E-state index contributed by atoms with van der Waals surface area (Å²) in [7, 11) is 0. The third kappa shape index (κ3) is 2.67. The van der Waals surface area contributed by atoms with Gasteiger partial charge in [-0.25, -0.2) is 0 Å². The third-order valence-corrected chi connectivity index (χ3v) is 4.71. The molecule has 0 saturated carbocycles. The summed E-state index contributed by atoms with van der Waals surface area (Å²) < 4.78 is 1.27. The maximum atomic E-state index is 6.24. The van der Waals surface area contributed by atoms with Gasteiger partial charge < -0.3 is 5.73 Å². The van der Waals surface area contributed by atoms with Crippen molar-refractivity contribution in [3.05, 3.63) is 63.2 Å². The molecule has 1 unspecified atom stereocenters. The first-order valence-corrected chi connectivity index (χ1v) is 7.80. The molecule has 1 aromatic carbocycles. The number of fused-ring (bicyclic) bond motifs is 1. The molecule has 0 amide bonds. The highest BCUT2D eigenvalue weighted by molar-refractivity contribution is 7.17. The standard InChI is InChI=1S/C15H12Cl2N2S/c16-10-6-12(17)15(19-7-10)13(18)5-9-8-20-14-4-2-1-3-11(9)14/h1-4,6-8,13H,5,18H2. The van der Waals surface area contributed by atoms with E-state index in [1.54, 1.807) is 23.6 Å². The van der Waals surface area contributed by atoms with Gasteiger partial charge in [0, 0.05) is 10.9 Å². The molecule has 0 bridgehead atoms. The summed E-state index contributed by atoms with van der Waals surface area (Å²) >= 11 is 13.7. The first-order valence-electron chi connectivity index (χ1n) is 6.17. The SMILES string of the molecule is NC(Cc1csc2ccccc12)c1ncc(Cl)cc1Cl. The molecule has 2 aromatic heterocycles. The fourth-order valence-electron chi connectivity index (χ4n) is 2.22. The van der Waals surface area contributed by atoms with Crippen LogP contribution in [0.25, 0.3) is 10.1 Å². The second-order valence-corrected chi connectivity index (χ2v) is 6.34. The van der Waals surface area contributed by atoms with Crippen LogP contribution in [-0.4, -0.2) is 4.98 Å². The highest BCUT2D eigenvalue weighted by atomic mass is 35.5. The number of hydrogen-bond donors (Lipinski definition) is 1. The summed E-state index contributed by atoms with van der Waals surface area (Å²) in [4.78, 5) is 4.25. The minimum Gasteiger partial charge on any atom is -0.322 e. The van der Waals surface area contributed by atoms with Crippen molar-refractivity contribution in [2.45, 2.75) is 12.5 Å². The van der Waals surface area contributed by atoms with Crippen molar-refractivity contribution in [1.82, 2.24) is 4.98 Å². The van der Waals surface area contributed by atoms with Gasteiger partial charge in [0.2, 0.25) is 0 Å². The number of rotatable bonds is 3. The molecular weight excluding hydrogens is 311 g/mol. The third-order valence-electron chi connectivity index (χ3n) is 3.19. The van der Waals surface area contributed by atoms with Crippen molar-refractivity contribution in [3.8, 4) is 0 Å². The lowest BCUT2D eigenvalue weighted by Crippen LogP contribution is -2.15. The number of nitrogens with two attached hydrogens (primary N) is 1. The Hall–Kier alpha value is -1.13. The first kappa shape index (κ1) is 13.8. The number of hydrogen-bond acceptors (Lipinski definition) is 3. The van der Waals surface area contributed by atoms with Gasteiger partial charge in [0.25, 0.3) is 0 Å². The van der Waals surface area contributed by atoms with E-state index >= 15 is 0 Å². The van der Waals surface area contributed by atoms with Crippen molar-refractivity contribution in [3.63, 3.8) is 0 Å². The fourth-order valence-corrected chi connectivity index (χ4v) is 3.72. The highest BCUT2D eigenvalue weighted by Gasteiger charge is 2.15. The lowest BCUT2D eigenvalue weighted by atomic mass is 10.0. The molecule has 0 saturated heterocycles. The molecule has 1 atom stereocenters. The molecule has 0 aliphatic carbocycles. The van der Waals surface area contributed by atoms with Crippen LogP contribution in [0.2, 0.25) is 10.0 Å². The first-order chi connectivity index (χ1) is 9.65. The molecule has 0 radical (unpaired) electrons. The van der Waals surface area contributed by atoms with Gasteiger partial charge in [-0.05, 0) is 34.9 Å². The Morgan fingerprint density at radius 1 is 1.25 bits per heavy atom. The van der Waals surface area contributed by atoms with E-state index in [1.807, 2.05) is 12.1 Å². The van der Waals surface area contributed by atoms with E-state index in [-0.39, 0.29) is 6.04 Å². The topological polar surface area (TPSA) is 38.9 Å². The summed E-state index contributed by atoms with van der Waals surface area (Å²) in [6, 6.07) is 9.75. The zero-order chi connectivity index (χ0) is 14.1. The van der Waals surface area contributed by atoms with Gasteiger partial charge in [-0.15, -0.1) is 11.3 Å². The Bertz CT molecular complexity index is 754. The van der Waals surface area contributed by atoms with Gasteiger partial charge >= 0.3 is 0 Å². The molecule has 0 aliphatic heterocycles. The maximum absolute atomic E-state index is 6.24. The number of aromatic nitrogens is 1. The van der Waals surface area contributed by atoms with E-state index < -0.39 is 0 Å². The quantitative estimate of drug-likeness (QED) is 0.748. The summed E-state index contributed by atoms with van der Waals surface area (Å²) in [5.74, 6) is 0. The number of halogens is 2. The highest BCUT2D eigenvalue weighted by Crippen LogP contribution is 2.30. The molecule has 2 N–H and O–H groups in total. The molecule has 0 fully saturated rings. The normalized spacial score (nSPS) is 12.8. The fraction of sp³-hybridized carbons (Fsp3) is 0.133. The van der Waals surface area contributed by atoms with E-state index in [2.05, 4.69) is 22.5 Å². The number of pyridine rings is 1. The lowest BCUT2D eigenvalue weighted by molar-refractivity contribution is 0.701. The number of nitrogens with zero attached hydrogens (tertiary/aromatic N) is 1. The molecule has 2 heterocycles. The molecule has 102 valence electrons. The summed E-state index contributed by atoms with van der Waals surface area (Å²) in [5.41, 5.74) is 8.16. The van der Waals surface area contributed by atoms with Crippen LogP contribution in [-0.2, 0) is 6.42 Å². The average Bonchev–Trinajstić information content (AvgIpc) is 2.82. The van der Waals surface area contributed by atoms with Crippen LogP contribution in [0.1, 0.15) is 17.3 Å². The van der Waals surface area contributed by atoms with E-state index in [4.69, 9.17) is 28.9 Å². The van der Waals surface area contributed by atoms with Crippen LogP contribution in [0.3, 0.4) is 0 Å². The predicted molar refractivity (Wildman–Crippen MR) is 86.7 cm³/mol. The predicted octanol–water partition coefficient (Wildman–Crippen LogP) is 4.85. The van der Waals surface area contributed by atoms with Crippen molar-refractivity contribution in [1.29, 1.82) is 0 Å². The van der Waals surface area contributed by atoms with Crippen molar-refractivity contribution < 1.29 is 0 Å². The molecule has 3 rings (SSSR count). The Kier molecular flexibility index (Phi) is 3.94. The minimum atomic E-state index is -0.238. The second-order valence-electron chi connectivity index (χ2n) is 4.59. The monoisotopic (exact) mass is 322 g/mol. The number of benzene rings is 1. The van der Waals surface area contributed by atoms with Gasteiger partial charge in [-0.2, -0.15) is 0 Å². The zero-order valence-electron chi connectivity index (χ0n) is 10.5. The molecular formula is C15H12Cl2N2S. The molecule has 20 heavy (non-hydrogen) atoms. The minimum absolute atomic E-state index is 0.238. The Balaban J connectivity index is 1.90. The van der Waals surface area contributed by atoms with E-state index in [0.29, 0.717) is 22.2 Å². The Labute approximate surface area is 131 Å². The largest absolute Gasteiger partial charge is 0.322 e. The van der Waals surface area contributed by atoms with Crippen LogP contribution in [0.5, 0.6) is 0 Å². The summed E-state index contributed by atoms with van der Waals surface area (Å²) in [6.07, 6.45) is 2.28. The Morgan fingerprint density at radius 3 is 2.85 bits per heavy atom. The average molecular weight is 323 g/mol. The maximum Gasteiger partial charge on any atom is 0.0761 e. The molecule has 2 nitrogen and oxygen atoms in total. The molecule has 5 heteroatoms. The number of thiophene rings is 1. The smallest absolute Gasteiger partial charge is 0.0761 e. The van der Waals surface area contributed by atoms with Gasteiger partial charge in [-0.3, -0.25) is 4.98 Å². The summed E-state index contributed by atoms with van der Waals surface area (Å²) in [5, 5.41) is 4.43. The van der Waals surface area contributed by atoms with Gasteiger partial charge in [0.05, 0.1) is 21.8 Å². The van der Waals surface area contributed by atoms with Crippen LogP contribution in [0, 0.1) is 0 Å². The Morgan fingerprint density at radius 2 is 2.05 bits per heavy atom. The van der Waals surface area contributed by atoms with Crippen LogP contribution in [0.15, 0.2) is 41.9 Å². The van der Waals surface area contributed by atoms with Gasteiger partial charge in [-0.1, -0.05) is 41.4 Å². The summed E-state index contributed by atoms with van der Waals surface area (Å²) in [6.45, 7) is 0. The molecule has 3 aromatic rings. The van der Waals surface area contributed by atoms with Crippen LogP contribution >= 0.6 is 34.5 Å².